The summed E-state index contributed by atoms with van der Waals surface area (Å²) < 4.78 is 18.8. The largest absolute Gasteiger partial charge is 0.455 e. The highest BCUT2D eigenvalue weighted by molar-refractivity contribution is 6.31. The highest BCUT2D eigenvalue weighted by Crippen LogP contribution is 2.33. The van der Waals surface area contributed by atoms with Crippen molar-refractivity contribution in [3.8, 4) is 17.6 Å². The average Bonchev–Trinajstić information content (AvgIpc) is 2.38. The number of anilines is 1. The van der Waals surface area contributed by atoms with Gasteiger partial charge in [-0.25, -0.2) is 4.39 Å². The second-order valence-corrected chi connectivity index (χ2v) is 4.41. The van der Waals surface area contributed by atoms with Crippen LogP contribution >= 0.6 is 11.6 Å². The molecule has 3 nitrogen and oxygen atoms in total. The Kier molecular flexibility index (Phi) is 3.59. The quantitative estimate of drug-likeness (QED) is 0.842. The second kappa shape index (κ2) is 5.17. The molecule has 0 aliphatic heterocycles. The molecular weight excluding hydrogens is 267 g/mol. The first-order chi connectivity index (χ1) is 9.01. The minimum Gasteiger partial charge on any atom is -0.455 e. The Hall–Kier alpha value is -2.25. The Morgan fingerprint density at radius 3 is 2.68 bits per heavy atom. The molecule has 0 aliphatic rings. The number of hydrogen-bond donors (Lipinski definition) is 1. The number of nitrogens with two attached hydrogens (primary N) is 1. The fourth-order valence-corrected chi connectivity index (χ4v) is 1.68. The van der Waals surface area contributed by atoms with Gasteiger partial charge in [0.2, 0.25) is 0 Å². The van der Waals surface area contributed by atoms with Crippen LogP contribution in [0.2, 0.25) is 5.02 Å². The van der Waals surface area contributed by atoms with Crippen molar-refractivity contribution in [3.05, 3.63) is 52.3 Å². The van der Waals surface area contributed by atoms with Crippen LogP contribution in [0, 0.1) is 24.1 Å². The first kappa shape index (κ1) is 13.2. The van der Waals surface area contributed by atoms with Crippen LogP contribution < -0.4 is 10.5 Å². The second-order valence-electron chi connectivity index (χ2n) is 4.00. The SMILES string of the molecule is Cc1ccc(C#N)cc1Oc1cc(Cl)c(F)cc1N. The standard InChI is InChI=1S/C14H10ClFN2O/c1-8-2-3-9(7-17)4-13(8)19-14-5-10(15)11(16)6-12(14)18/h2-6H,18H2,1H3. The highest BCUT2D eigenvalue weighted by atomic mass is 35.5. The third kappa shape index (κ3) is 2.78. The zero-order valence-corrected chi connectivity index (χ0v) is 10.8. The van der Waals surface area contributed by atoms with E-state index < -0.39 is 5.82 Å². The van der Waals surface area contributed by atoms with Crippen LogP contribution in [0.4, 0.5) is 10.1 Å². The molecule has 0 fully saturated rings. The molecule has 2 rings (SSSR count). The lowest BCUT2D eigenvalue weighted by Gasteiger charge is -2.11. The first-order valence-electron chi connectivity index (χ1n) is 5.44. The molecule has 0 aliphatic carbocycles. The van der Waals surface area contributed by atoms with Gasteiger partial charge in [-0.3, -0.25) is 0 Å². The maximum atomic E-state index is 13.2. The van der Waals surface area contributed by atoms with E-state index in [2.05, 4.69) is 0 Å². The number of halogens is 2. The number of benzene rings is 2. The van der Waals surface area contributed by atoms with Gasteiger partial charge in [0.15, 0.2) is 5.75 Å². The number of nitrogen functional groups attached to an aromatic ring is 1. The predicted octanol–water partition coefficient (Wildman–Crippen LogP) is 4.03. The highest BCUT2D eigenvalue weighted by Gasteiger charge is 2.10. The topological polar surface area (TPSA) is 59.0 Å². The summed E-state index contributed by atoms with van der Waals surface area (Å²) in [5.74, 6) is 0.132. The van der Waals surface area contributed by atoms with Gasteiger partial charge in [0.25, 0.3) is 0 Å². The van der Waals surface area contributed by atoms with E-state index in [1.165, 1.54) is 6.07 Å². The molecule has 96 valence electrons. The number of rotatable bonds is 2. The van der Waals surface area contributed by atoms with Crippen molar-refractivity contribution in [1.29, 1.82) is 5.26 Å². The average molecular weight is 277 g/mol. The van der Waals surface area contributed by atoms with Crippen LogP contribution in [0.5, 0.6) is 11.5 Å². The molecule has 5 heteroatoms. The van der Waals surface area contributed by atoms with Crippen LogP contribution in [0.25, 0.3) is 0 Å². The maximum Gasteiger partial charge on any atom is 0.152 e. The minimum absolute atomic E-state index is 0.0710. The molecule has 0 saturated carbocycles. The summed E-state index contributed by atoms with van der Waals surface area (Å²) in [5.41, 5.74) is 7.11. The third-order valence-electron chi connectivity index (χ3n) is 2.59. The van der Waals surface area contributed by atoms with Crippen LogP contribution in [-0.4, -0.2) is 0 Å². The zero-order chi connectivity index (χ0) is 14.0. The van der Waals surface area contributed by atoms with Crippen LogP contribution in [0.15, 0.2) is 30.3 Å². The van der Waals surface area contributed by atoms with Gasteiger partial charge >= 0.3 is 0 Å². The number of nitrogens with zero attached hydrogens (tertiary/aromatic N) is 1. The summed E-state index contributed by atoms with van der Waals surface area (Å²) in [6, 6.07) is 9.46. The van der Waals surface area contributed by atoms with Crippen LogP contribution in [0.3, 0.4) is 0 Å². The number of aryl methyl sites for hydroxylation is 1. The molecule has 0 radical (unpaired) electrons. The normalized spacial score (nSPS) is 10.0. The van der Waals surface area contributed by atoms with E-state index >= 15 is 0 Å². The zero-order valence-electron chi connectivity index (χ0n) is 10.1. The van der Waals surface area contributed by atoms with Crippen molar-refractivity contribution in [1.82, 2.24) is 0 Å². The molecule has 2 N–H and O–H groups in total. The van der Waals surface area contributed by atoms with E-state index in [0.717, 1.165) is 11.6 Å². The molecule has 0 heterocycles. The van der Waals surface area contributed by atoms with Crippen LogP contribution in [-0.2, 0) is 0 Å². The number of ether oxygens (including phenoxy) is 1. The van der Waals surface area contributed by atoms with Gasteiger partial charge in [0.05, 0.1) is 22.3 Å². The molecule has 0 unspecified atom stereocenters. The van der Waals surface area contributed by atoms with Gasteiger partial charge in [-0.15, -0.1) is 0 Å². The smallest absolute Gasteiger partial charge is 0.152 e. The lowest BCUT2D eigenvalue weighted by Crippen LogP contribution is -1.95. The van der Waals surface area contributed by atoms with Gasteiger partial charge < -0.3 is 10.5 Å². The molecule has 0 atom stereocenters. The molecular formula is C14H10ClFN2O. The van der Waals surface area contributed by atoms with Gasteiger partial charge in [-0.2, -0.15) is 5.26 Å². The lowest BCUT2D eigenvalue weighted by atomic mass is 10.1. The summed E-state index contributed by atoms with van der Waals surface area (Å²) in [6.45, 7) is 1.83. The first-order valence-corrected chi connectivity index (χ1v) is 5.82. The Morgan fingerprint density at radius 2 is 2.00 bits per heavy atom. The van der Waals surface area contributed by atoms with Crippen molar-refractivity contribution in [3.63, 3.8) is 0 Å². The summed E-state index contributed by atoms with van der Waals surface area (Å²) in [7, 11) is 0. The number of hydrogen-bond acceptors (Lipinski definition) is 3. The van der Waals surface area contributed by atoms with E-state index in [1.807, 2.05) is 13.0 Å². The van der Waals surface area contributed by atoms with Crippen LogP contribution in [0.1, 0.15) is 11.1 Å². The van der Waals surface area contributed by atoms with E-state index in [1.54, 1.807) is 18.2 Å². The van der Waals surface area contributed by atoms with Crippen molar-refractivity contribution in [2.75, 3.05) is 5.73 Å². The van der Waals surface area contributed by atoms with Crippen molar-refractivity contribution in [2.45, 2.75) is 6.92 Å². The number of nitriles is 1. The molecule has 19 heavy (non-hydrogen) atoms. The van der Waals surface area contributed by atoms with Crippen molar-refractivity contribution < 1.29 is 9.13 Å². The van der Waals surface area contributed by atoms with Crippen molar-refractivity contribution >= 4 is 17.3 Å². The van der Waals surface area contributed by atoms with Gasteiger partial charge in [-0.05, 0) is 24.6 Å². The third-order valence-corrected chi connectivity index (χ3v) is 2.88. The summed E-state index contributed by atoms with van der Waals surface area (Å²) in [6.07, 6.45) is 0. The lowest BCUT2D eigenvalue weighted by molar-refractivity contribution is 0.479. The van der Waals surface area contributed by atoms with E-state index in [-0.39, 0.29) is 16.5 Å². The van der Waals surface area contributed by atoms with Crippen molar-refractivity contribution in [2.24, 2.45) is 0 Å². The fourth-order valence-electron chi connectivity index (χ4n) is 1.53. The molecule has 0 spiro atoms. The van der Waals surface area contributed by atoms with Gasteiger partial charge in [0, 0.05) is 12.1 Å². The van der Waals surface area contributed by atoms with E-state index in [0.29, 0.717) is 11.3 Å². The Morgan fingerprint density at radius 1 is 1.26 bits per heavy atom. The van der Waals surface area contributed by atoms with Gasteiger partial charge in [0.1, 0.15) is 11.6 Å². The monoisotopic (exact) mass is 276 g/mol. The summed E-state index contributed by atoms with van der Waals surface area (Å²) in [4.78, 5) is 0. The molecule has 0 saturated heterocycles. The Bertz CT molecular complexity index is 680. The predicted molar refractivity (Wildman–Crippen MR) is 71.8 cm³/mol. The summed E-state index contributed by atoms with van der Waals surface area (Å²) in [5, 5.41) is 8.78. The summed E-state index contributed by atoms with van der Waals surface area (Å²) >= 11 is 5.69. The Labute approximate surface area is 115 Å². The molecule has 2 aromatic rings. The van der Waals surface area contributed by atoms with Gasteiger partial charge in [-0.1, -0.05) is 17.7 Å². The molecule has 0 amide bonds. The minimum atomic E-state index is -0.603. The fraction of sp³-hybridized carbons (Fsp3) is 0.0714. The molecule has 0 bridgehead atoms. The van der Waals surface area contributed by atoms with E-state index in [9.17, 15) is 4.39 Å². The molecule has 2 aromatic carbocycles. The Balaban J connectivity index is 2.42. The van der Waals surface area contributed by atoms with E-state index in [4.69, 9.17) is 27.3 Å². The maximum absolute atomic E-state index is 13.2. The molecule has 0 aromatic heterocycles.